The van der Waals surface area contributed by atoms with Crippen molar-refractivity contribution in [3.63, 3.8) is 0 Å². The molecule has 7 unspecified atom stereocenters. The average molecular weight is 1130 g/mol. The number of allylic oxidation sites excluding steroid dienone is 3. The molecule has 0 radical (unpaired) electrons. The van der Waals surface area contributed by atoms with E-state index in [1.165, 1.54) is 308 Å². The van der Waals surface area contributed by atoms with Gasteiger partial charge in [-0.2, -0.15) is 0 Å². The van der Waals surface area contributed by atoms with Gasteiger partial charge in [0.1, 0.15) is 24.4 Å². The van der Waals surface area contributed by atoms with Crippen LogP contribution >= 0.6 is 0 Å². The second-order valence-corrected chi connectivity index (χ2v) is 25.0. The van der Waals surface area contributed by atoms with Crippen molar-refractivity contribution in [3.05, 3.63) is 24.3 Å². The van der Waals surface area contributed by atoms with Crippen molar-refractivity contribution in [2.75, 3.05) is 13.2 Å². The first-order chi connectivity index (χ1) is 39.3. The van der Waals surface area contributed by atoms with Crippen LogP contribution in [-0.2, 0) is 14.3 Å². The zero-order chi connectivity index (χ0) is 57.9. The van der Waals surface area contributed by atoms with Gasteiger partial charge in [-0.3, -0.25) is 4.79 Å². The molecule has 0 aromatic carbocycles. The van der Waals surface area contributed by atoms with Crippen LogP contribution in [0, 0.1) is 0 Å². The second kappa shape index (κ2) is 60.8. The number of hydrogen-bond donors (Lipinski definition) is 6. The fraction of sp³-hybridized carbons (Fsp3) is 0.930. The van der Waals surface area contributed by atoms with Gasteiger partial charge >= 0.3 is 0 Å². The monoisotopic (exact) mass is 1130 g/mol. The summed E-state index contributed by atoms with van der Waals surface area (Å²) in [5.41, 5.74) is 0. The molecule has 9 heteroatoms. The SMILES string of the molecule is CCCCCCCCCCCCCCCCCCC/C=C/CC/C=C/C(O)C(COC1OC(CO)C(O)C(O)C1O)NC(=O)CCCCCCCCCCCCCCCCCCCCCCCCCCCCCCCCCCCC. The number of amides is 1. The largest absolute Gasteiger partial charge is 0.394 e. The molecule has 1 aliphatic rings. The van der Waals surface area contributed by atoms with Crippen molar-refractivity contribution in [2.24, 2.45) is 0 Å². The van der Waals surface area contributed by atoms with Crippen LogP contribution in [0.2, 0.25) is 0 Å². The van der Waals surface area contributed by atoms with Crippen LogP contribution in [0.1, 0.15) is 367 Å². The molecule has 0 aromatic rings. The molecule has 0 aliphatic carbocycles. The fourth-order valence-electron chi connectivity index (χ4n) is 11.7. The topological polar surface area (TPSA) is 149 Å². The molecule has 1 amide bonds. The summed E-state index contributed by atoms with van der Waals surface area (Å²) in [7, 11) is 0. The highest BCUT2D eigenvalue weighted by molar-refractivity contribution is 5.76. The lowest BCUT2D eigenvalue weighted by Gasteiger charge is -2.40. The molecule has 9 nitrogen and oxygen atoms in total. The zero-order valence-corrected chi connectivity index (χ0v) is 53.1. The van der Waals surface area contributed by atoms with E-state index in [0.717, 1.165) is 38.5 Å². The van der Waals surface area contributed by atoms with E-state index in [0.29, 0.717) is 6.42 Å². The normalized spacial score (nSPS) is 18.5. The van der Waals surface area contributed by atoms with Crippen molar-refractivity contribution in [3.8, 4) is 0 Å². The number of aliphatic hydroxyl groups is 5. The first kappa shape index (κ1) is 76.7. The molecule has 0 aromatic heterocycles. The summed E-state index contributed by atoms with van der Waals surface area (Å²) in [6.45, 7) is 3.82. The smallest absolute Gasteiger partial charge is 0.220 e. The Morgan fingerprint density at radius 2 is 0.713 bits per heavy atom. The molecular formula is C71H137NO8. The molecular weight excluding hydrogens is 995 g/mol. The van der Waals surface area contributed by atoms with Crippen LogP contribution in [0.4, 0.5) is 0 Å². The first-order valence-corrected chi connectivity index (χ1v) is 35.6. The maximum atomic E-state index is 13.1. The Kier molecular flexibility index (Phi) is 58.3. The van der Waals surface area contributed by atoms with E-state index in [1.807, 2.05) is 6.08 Å². The quantitative estimate of drug-likeness (QED) is 0.0261. The summed E-state index contributed by atoms with van der Waals surface area (Å²) < 4.78 is 11.3. The highest BCUT2D eigenvalue weighted by atomic mass is 16.7. The van der Waals surface area contributed by atoms with Crippen LogP contribution in [0.5, 0.6) is 0 Å². The Labute approximate surface area is 496 Å². The van der Waals surface area contributed by atoms with Gasteiger partial charge in [0, 0.05) is 6.42 Å². The van der Waals surface area contributed by atoms with E-state index < -0.39 is 49.5 Å². The van der Waals surface area contributed by atoms with Gasteiger partial charge in [-0.1, -0.05) is 353 Å². The van der Waals surface area contributed by atoms with Crippen LogP contribution in [0.15, 0.2) is 24.3 Å². The van der Waals surface area contributed by atoms with Gasteiger partial charge in [0.25, 0.3) is 0 Å². The molecule has 474 valence electrons. The molecule has 1 saturated heterocycles. The molecule has 0 bridgehead atoms. The number of carbonyl (C=O) groups excluding carboxylic acids is 1. The number of nitrogens with one attached hydrogen (secondary N) is 1. The summed E-state index contributed by atoms with van der Waals surface area (Å²) in [6.07, 6.45) is 73.0. The number of rotatable bonds is 63. The van der Waals surface area contributed by atoms with Crippen molar-refractivity contribution >= 4 is 5.91 Å². The summed E-state index contributed by atoms with van der Waals surface area (Å²) in [5.74, 6) is -0.178. The van der Waals surface area contributed by atoms with Crippen LogP contribution in [0.3, 0.4) is 0 Å². The molecule has 0 saturated carbocycles. The minimum Gasteiger partial charge on any atom is -0.394 e. The third-order valence-corrected chi connectivity index (χ3v) is 17.3. The van der Waals surface area contributed by atoms with E-state index in [1.54, 1.807) is 6.08 Å². The average Bonchev–Trinajstić information content (AvgIpc) is 3.49. The Balaban J connectivity index is 2.10. The molecule has 1 rings (SSSR count). The van der Waals surface area contributed by atoms with Crippen molar-refractivity contribution in [2.45, 2.75) is 410 Å². The summed E-state index contributed by atoms with van der Waals surface area (Å²) in [4.78, 5) is 13.1. The van der Waals surface area contributed by atoms with Gasteiger partial charge in [0.15, 0.2) is 6.29 Å². The maximum Gasteiger partial charge on any atom is 0.220 e. The molecule has 1 aliphatic heterocycles. The third kappa shape index (κ3) is 49.0. The first-order valence-electron chi connectivity index (χ1n) is 35.6. The highest BCUT2D eigenvalue weighted by Crippen LogP contribution is 2.24. The minimum atomic E-state index is -1.57. The predicted molar refractivity (Wildman–Crippen MR) is 341 cm³/mol. The number of hydrogen-bond acceptors (Lipinski definition) is 8. The molecule has 0 spiro atoms. The Morgan fingerprint density at radius 3 is 1.05 bits per heavy atom. The summed E-state index contributed by atoms with van der Waals surface area (Å²) in [6, 6.07) is -0.820. The Morgan fingerprint density at radius 1 is 0.412 bits per heavy atom. The van der Waals surface area contributed by atoms with E-state index in [2.05, 4.69) is 31.3 Å². The van der Waals surface area contributed by atoms with Crippen molar-refractivity contribution in [1.29, 1.82) is 0 Å². The predicted octanol–water partition coefficient (Wildman–Crippen LogP) is 19.3. The molecule has 7 atom stereocenters. The lowest BCUT2D eigenvalue weighted by atomic mass is 9.99. The van der Waals surface area contributed by atoms with E-state index in [4.69, 9.17) is 9.47 Å². The van der Waals surface area contributed by atoms with Gasteiger partial charge in [0.05, 0.1) is 25.4 Å². The number of unbranched alkanes of at least 4 members (excludes halogenated alkanes) is 51. The highest BCUT2D eigenvalue weighted by Gasteiger charge is 2.44. The molecule has 1 heterocycles. The maximum absolute atomic E-state index is 13.1. The molecule has 6 N–H and O–H groups in total. The van der Waals surface area contributed by atoms with Crippen molar-refractivity contribution < 1.29 is 39.8 Å². The summed E-state index contributed by atoms with van der Waals surface area (Å²) >= 11 is 0. The van der Waals surface area contributed by atoms with E-state index in [9.17, 15) is 30.3 Å². The van der Waals surface area contributed by atoms with Crippen molar-refractivity contribution in [1.82, 2.24) is 5.32 Å². The minimum absolute atomic E-state index is 0.178. The van der Waals surface area contributed by atoms with Gasteiger partial charge < -0.3 is 40.3 Å². The summed E-state index contributed by atoms with van der Waals surface area (Å²) in [5, 5.41) is 54.7. The number of ether oxygens (including phenoxy) is 2. The number of carbonyl (C=O) groups is 1. The van der Waals surface area contributed by atoms with E-state index >= 15 is 0 Å². The van der Waals surface area contributed by atoms with Crippen LogP contribution in [0.25, 0.3) is 0 Å². The zero-order valence-electron chi connectivity index (χ0n) is 53.1. The second-order valence-electron chi connectivity index (χ2n) is 25.0. The van der Waals surface area contributed by atoms with Crippen LogP contribution in [-0.4, -0.2) is 87.5 Å². The molecule has 1 fully saturated rings. The van der Waals surface area contributed by atoms with Gasteiger partial charge in [0.2, 0.25) is 5.91 Å². The Bertz CT molecular complexity index is 1310. The van der Waals surface area contributed by atoms with Gasteiger partial charge in [-0.25, -0.2) is 0 Å². The standard InChI is InChI=1S/C71H137NO8/c1-3-5-7-9-11-13-15-17-19-21-23-25-27-28-29-30-31-32-33-34-35-36-37-39-41-43-45-47-49-51-53-55-57-59-61-67(75)72-64(63-79-71-70(78)69(77)68(76)66(62-73)80-71)65(74)60-58-56-54-52-50-48-46-44-42-40-38-26-24-22-20-18-16-14-12-10-8-6-4-2/h50,52,58,60,64-66,68-71,73-74,76-78H,3-49,51,53-57,59,61-63H2,1-2H3,(H,72,75)/b52-50+,60-58+. The van der Waals surface area contributed by atoms with Gasteiger partial charge in [-0.15, -0.1) is 0 Å². The molecule has 80 heavy (non-hydrogen) atoms. The van der Waals surface area contributed by atoms with E-state index in [-0.39, 0.29) is 12.5 Å². The number of aliphatic hydroxyl groups excluding tert-OH is 5. The lowest BCUT2D eigenvalue weighted by molar-refractivity contribution is -0.302. The fourth-order valence-corrected chi connectivity index (χ4v) is 11.7. The lowest BCUT2D eigenvalue weighted by Crippen LogP contribution is -2.60. The van der Waals surface area contributed by atoms with Gasteiger partial charge in [-0.05, 0) is 32.1 Å². The third-order valence-electron chi connectivity index (χ3n) is 17.3. The van der Waals surface area contributed by atoms with Crippen LogP contribution < -0.4 is 5.32 Å². The Hall–Kier alpha value is -1.33.